The smallest absolute Gasteiger partial charge is 0.417 e. The van der Waals surface area contributed by atoms with Crippen molar-refractivity contribution in [3.05, 3.63) is 25.3 Å². The maximum atomic E-state index is 11.9. The molecule has 4 nitrogen and oxygen atoms in total. The Balaban J connectivity index is 2.87. The first-order valence-electron chi connectivity index (χ1n) is 5.61. The molecule has 0 bridgehead atoms. The van der Waals surface area contributed by atoms with Gasteiger partial charge in [-0.3, -0.25) is 4.79 Å². The molecular formula is C13H19NO3. The van der Waals surface area contributed by atoms with Crippen molar-refractivity contribution in [1.29, 1.82) is 0 Å². The van der Waals surface area contributed by atoms with Crippen molar-refractivity contribution >= 4 is 12.0 Å². The molecule has 4 heteroatoms. The van der Waals surface area contributed by atoms with Gasteiger partial charge in [0.1, 0.15) is 5.60 Å². The fourth-order valence-electron chi connectivity index (χ4n) is 1.74. The van der Waals surface area contributed by atoms with Crippen molar-refractivity contribution in [2.75, 3.05) is 0 Å². The topological polar surface area (TPSA) is 46.6 Å². The van der Waals surface area contributed by atoms with Crippen LogP contribution in [0, 0.1) is 5.92 Å². The minimum absolute atomic E-state index is 0.265. The lowest BCUT2D eigenvalue weighted by molar-refractivity contribution is -0.129. The Morgan fingerprint density at radius 3 is 2.41 bits per heavy atom. The first-order valence-corrected chi connectivity index (χ1v) is 5.61. The molecule has 0 aromatic heterocycles. The number of ether oxygens (including phenoxy) is 1. The van der Waals surface area contributed by atoms with E-state index in [0.717, 1.165) is 4.90 Å². The molecule has 1 saturated heterocycles. The molecule has 0 aromatic carbocycles. The molecule has 1 rings (SSSR count). The standard InChI is InChI=1S/C13H19NO3/c1-6-9-8-10(7-2)14(11(9)15)12(16)17-13(3,4)5/h6-7,9-10H,1-2,8H2,3-5H3/t9-,10+/m1/s1. The van der Waals surface area contributed by atoms with Crippen LogP contribution >= 0.6 is 0 Å². The number of carbonyl (C=O) groups is 2. The third-order valence-electron chi connectivity index (χ3n) is 2.53. The van der Waals surface area contributed by atoms with Crippen LogP contribution in [0.2, 0.25) is 0 Å². The van der Waals surface area contributed by atoms with Crippen molar-refractivity contribution in [2.24, 2.45) is 5.92 Å². The minimum atomic E-state index is -0.616. The number of carbonyl (C=O) groups excluding carboxylic acids is 2. The third-order valence-corrected chi connectivity index (χ3v) is 2.53. The molecule has 17 heavy (non-hydrogen) atoms. The third kappa shape index (κ3) is 2.96. The van der Waals surface area contributed by atoms with Crippen LogP contribution in [0.15, 0.2) is 25.3 Å². The minimum Gasteiger partial charge on any atom is -0.443 e. The molecule has 94 valence electrons. The summed E-state index contributed by atoms with van der Waals surface area (Å²) in [5, 5.41) is 0. The second-order valence-corrected chi connectivity index (χ2v) is 5.07. The number of rotatable bonds is 2. The Hall–Kier alpha value is -1.58. The first kappa shape index (κ1) is 13.5. The van der Waals surface area contributed by atoms with E-state index in [1.165, 1.54) is 0 Å². The molecule has 2 amide bonds. The Morgan fingerprint density at radius 1 is 1.41 bits per heavy atom. The second-order valence-electron chi connectivity index (χ2n) is 5.07. The van der Waals surface area contributed by atoms with Gasteiger partial charge in [0.2, 0.25) is 5.91 Å². The molecular weight excluding hydrogens is 218 g/mol. The predicted molar refractivity (Wildman–Crippen MR) is 65.4 cm³/mol. The summed E-state index contributed by atoms with van der Waals surface area (Å²) in [6, 6.07) is -0.305. The number of hydrogen-bond donors (Lipinski definition) is 0. The summed E-state index contributed by atoms with van der Waals surface area (Å²) in [6.07, 6.45) is 3.07. The SMILES string of the molecule is C=C[C@@H]1C[C@H](C=C)N(C(=O)OC(C)(C)C)C1=O. The fraction of sp³-hybridized carbons (Fsp3) is 0.538. The highest BCUT2D eigenvalue weighted by Crippen LogP contribution is 2.27. The number of nitrogens with zero attached hydrogens (tertiary/aromatic N) is 1. The summed E-state index contributed by atoms with van der Waals surface area (Å²) in [5.41, 5.74) is -0.616. The van der Waals surface area contributed by atoms with E-state index in [9.17, 15) is 9.59 Å². The van der Waals surface area contributed by atoms with Crippen LogP contribution in [-0.4, -0.2) is 28.5 Å². The van der Waals surface area contributed by atoms with Crippen LogP contribution in [0.3, 0.4) is 0 Å². The summed E-state index contributed by atoms with van der Waals surface area (Å²) >= 11 is 0. The number of likely N-dealkylation sites (tertiary alicyclic amines) is 1. The summed E-state index contributed by atoms with van der Waals surface area (Å²) in [5.74, 6) is -0.593. The zero-order valence-corrected chi connectivity index (χ0v) is 10.6. The predicted octanol–water partition coefficient (Wildman–Crippen LogP) is 2.51. The summed E-state index contributed by atoms with van der Waals surface area (Å²) < 4.78 is 5.20. The zero-order chi connectivity index (χ0) is 13.2. The highest BCUT2D eigenvalue weighted by Gasteiger charge is 2.42. The van der Waals surface area contributed by atoms with E-state index in [-0.39, 0.29) is 17.9 Å². The lowest BCUT2D eigenvalue weighted by atomic mass is 10.1. The van der Waals surface area contributed by atoms with E-state index in [2.05, 4.69) is 13.2 Å². The largest absolute Gasteiger partial charge is 0.443 e. The summed E-state index contributed by atoms with van der Waals surface area (Å²) in [4.78, 5) is 25.0. The van der Waals surface area contributed by atoms with Gasteiger partial charge in [-0.25, -0.2) is 9.69 Å². The maximum absolute atomic E-state index is 11.9. The molecule has 1 fully saturated rings. The van der Waals surface area contributed by atoms with Gasteiger partial charge in [-0.05, 0) is 27.2 Å². The summed E-state index contributed by atoms with van der Waals surface area (Å²) in [7, 11) is 0. The number of hydrogen-bond acceptors (Lipinski definition) is 3. The van der Waals surface area contributed by atoms with Gasteiger partial charge in [-0.1, -0.05) is 12.2 Å². The van der Waals surface area contributed by atoms with Gasteiger partial charge in [0, 0.05) is 0 Å². The molecule has 0 aromatic rings. The summed E-state index contributed by atoms with van der Waals surface area (Å²) in [6.45, 7) is 12.5. The zero-order valence-electron chi connectivity index (χ0n) is 10.6. The van der Waals surface area contributed by atoms with Gasteiger partial charge in [-0.2, -0.15) is 0 Å². The molecule has 0 unspecified atom stereocenters. The highest BCUT2D eigenvalue weighted by molar-refractivity contribution is 5.96. The fourth-order valence-corrected chi connectivity index (χ4v) is 1.74. The van der Waals surface area contributed by atoms with Gasteiger partial charge >= 0.3 is 6.09 Å². The molecule has 0 N–H and O–H groups in total. The highest BCUT2D eigenvalue weighted by atomic mass is 16.6. The molecule has 2 atom stereocenters. The van der Waals surface area contributed by atoms with Gasteiger partial charge in [-0.15, -0.1) is 13.2 Å². The normalized spacial score (nSPS) is 24.6. The van der Waals surface area contributed by atoms with Crippen LogP contribution in [0.5, 0.6) is 0 Å². The molecule has 0 saturated carbocycles. The van der Waals surface area contributed by atoms with Gasteiger partial charge in [0.05, 0.1) is 12.0 Å². The molecule has 0 spiro atoms. The Bertz CT molecular complexity index is 354. The van der Waals surface area contributed by atoms with Gasteiger partial charge in [0.15, 0.2) is 0 Å². The maximum Gasteiger partial charge on any atom is 0.417 e. The van der Waals surface area contributed by atoms with Crippen LogP contribution in [-0.2, 0) is 9.53 Å². The monoisotopic (exact) mass is 237 g/mol. The quantitative estimate of drug-likeness (QED) is 0.693. The van der Waals surface area contributed by atoms with E-state index in [0.29, 0.717) is 6.42 Å². The van der Waals surface area contributed by atoms with E-state index < -0.39 is 11.7 Å². The van der Waals surface area contributed by atoms with Crippen LogP contribution < -0.4 is 0 Å². The van der Waals surface area contributed by atoms with Crippen molar-refractivity contribution in [3.8, 4) is 0 Å². The van der Waals surface area contributed by atoms with E-state index in [1.54, 1.807) is 32.9 Å². The van der Waals surface area contributed by atoms with E-state index in [4.69, 9.17) is 4.74 Å². The van der Waals surface area contributed by atoms with Crippen molar-refractivity contribution in [1.82, 2.24) is 4.90 Å². The Kier molecular flexibility index (Phi) is 3.76. The second kappa shape index (κ2) is 4.73. The molecule has 1 heterocycles. The Morgan fingerprint density at radius 2 is 2.00 bits per heavy atom. The molecule has 1 aliphatic heterocycles. The van der Waals surface area contributed by atoms with Crippen LogP contribution in [0.1, 0.15) is 27.2 Å². The van der Waals surface area contributed by atoms with Crippen molar-refractivity contribution < 1.29 is 14.3 Å². The lowest BCUT2D eigenvalue weighted by Gasteiger charge is -2.25. The van der Waals surface area contributed by atoms with E-state index in [1.807, 2.05) is 0 Å². The van der Waals surface area contributed by atoms with Crippen molar-refractivity contribution in [2.45, 2.75) is 38.8 Å². The molecule has 0 aliphatic carbocycles. The average Bonchev–Trinajstić information content (AvgIpc) is 2.52. The van der Waals surface area contributed by atoms with Crippen molar-refractivity contribution in [3.63, 3.8) is 0 Å². The van der Waals surface area contributed by atoms with Crippen LogP contribution in [0.25, 0.3) is 0 Å². The lowest BCUT2D eigenvalue weighted by Crippen LogP contribution is -2.42. The van der Waals surface area contributed by atoms with Gasteiger partial charge < -0.3 is 4.74 Å². The molecule has 1 aliphatic rings. The number of amides is 2. The van der Waals surface area contributed by atoms with Gasteiger partial charge in [0.25, 0.3) is 0 Å². The molecule has 0 radical (unpaired) electrons. The average molecular weight is 237 g/mol. The van der Waals surface area contributed by atoms with Crippen LogP contribution in [0.4, 0.5) is 4.79 Å². The first-order chi connectivity index (χ1) is 7.80. The van der Waals surface area contributed by atoms with E-state index >= 15 is 0 Å². The Labute approximate surface area is 102 Å². The number of imide groups is 1.